The molecule has 46 heavy (non-hydrogen) atoms. The molecule has 0 radical (unpaired) electrons. The van der Waals surface area contributed by atoms with Gasteiger partial charge in [-0.3, -0.25) is 9.59 Å². The van der Waals surface area contributed by atoms with Gasteiger partial charge in [-0.25, -0.2) is 9.78 Å². The third kappa shape index (κ3) is 7.28. The third-order valence-electron chi connectivity index (χ3n) is 8.46. The van der Waals surface area contributed by atoms with Gasteiger partial charge in [0.2, 0.25) is 0 Å². The highest BCUT2D eigenvalue weighted by Gasteiger charge is 2.56. The molecule has 2 unspecified atom stereocenters. The molecule has 2 aromatic rings. The Morgan fingerprint density at radius 2 is 1.98 bits per heavy atom. The van der Waals surface area contributed by atoms with Crippen molar-refractivity contribution in [2.45, 2.75) is 36.5 Å². The lowest BCUT2D eigenvalue weighted by Gasteiger charge is -2.46. The number of thioether (sulfide) groups is 1. The molecule has 5 rings (SSSR count). The number of likely N-dealkylation sites (N-methyl/N-ethyl adjacent to an activating group) is 1. The van der Waals surface area contributed by atoms with Gasteiger partial charge in [-0.2, -0.15) is 11.8 Å². The van der Waals surface area contributed by atoms with Crippen LogP contribution < -0.4 is 15.8 Å². The number of nitrogens with one attached hydrogen (secondary N) is 1. The second-order valence-electron chi connectivity index (χ2n) is 11.7. The number of ether oxygens (including phenoxy) is 2. The highest BCUT2D eigenvalue weighted by molar-refractivity contribution is 8.00. The molecule has 1 aromatic carbocycles. The number of Topliss-reactive ketones (excluding diaryl/α,β-unsaturated/α-hetero) is 1. The first-order valence-electron chi connectivity index (χ1n) is 14.7. The Balaban J connectivity index is 1.35. The lowest BCUT2D eigenvalue weighted by atomic mass is 9.71. The molecular weight excluding hydrogens is 635 g/mol. The maximum Gasteiger partial charge on any atom is 0.335 e. The van der Waals surface area contributed by atoms with Crippen molar-refractivity contribution in [1.29, 1.82) is 0 Å². The van der Waals surface area contributed by atoms with Crippen LogP contribution in [0, 0.1) is 5.92 Å². The number of carbonyl (C=O) groups excluding carboxylic acids is 3. The molecule has 15 heteroatoms. The smallest absolute Gasteiger partial charge is 0.335 e. The van der Waals surface area contributed by atoms with Gasteiger partial charge in [-0.05, 0) is 29.3 Å². The first kappa shape index (κ1) is 33.6. The average molecular weight is 673 g/mol. The molecule has 6 atom stereocenters. The number of allylic oxidation sites excluding steroid dienone is 1. The second-order valence-corrected chi connectivity index (χ2v) is 13.8. The molecular formula is C31H38N5O8S2+. The first-order valence-corrected chi connectivity index (χ1v) is 16.6. The zero-order valence-electron chi connectivity index (χ0n) is 25.8. The van der Waals surface area contributed by atoms with Gasteiger partial charge in [0.1, 0.15) is 43.9 Å². The zero-order chi connectivity index (χ0) is 33.0. The molecule has 0 spiro atoms. The number of aliphatic hydroxyl groups excluding tert-OH is 2. The number of rotatable bonds is 11. The van der Waals surface area contributed by atoms with Gasteiger partial charge in [0.05, 0.1) is 44.8 Å². The van der Waals surface area contributed by atoms with Crippen molar-refractivity contribution in [2.75, 3.05) is 52.4 Å². The number of benzene rings is 1. The monoisotopic (exact) mass is 672 g/mol. The van der Waals surface area contributed by atoms with Gasteiger partial charge in [0.15, 0.2) is 16.6 Å². The summed E-state index contributed by atoms with van der Waals surface area (Å²) in [5.41, 5.74) is 7.55. The summed E-state index contributed by atoms with van der Waals surface area (Å²) in [6.45, 7) is 1.67. The number of anilines is 1. The predicted molar refractivity (Wildman–Crippen MR) is 173 cm³/mol. The van der Waals surface area contributed by atoms with Crippen molar-refractivity contribution >= 4 is 51.6 Å². The topological polar surface area (TPSA) is 183 Å². The number of aliphatic hydroxyl groups is 2. The van der Waals surface area contributed by atoms with Crippen molar-refractivity contribution in [3.63, 3.8) is 0 Å². The molecule has 0 bridgehead atoms. The molecule has 3 heterocycles. The lowest BCUT2D eigenvalue weighted by Crippen LogP contribution is -2.66. The van der Waals surface area contributed by atoms with E-state index >= 15 is 0 Å². The van der Waals surface area contributed by atoms with Crippen LogP contribution in [0.15, 0.2) is 58.1 Å². The number of piperidine rings is 1. The Labute approximate surface area is 274 Å². The summed E-state index contributed by atoms with van der Waals surface area (Å²) in [6.07, 6.45) is 2.75. The van der Waals surface area contributed by atoms with Crippen LogP contribution in [-0.2, 0) is 30.6 Å². The van der Waals surface area contributed by atoms with E-state index in [2.05, 4.69) is 15.5 Å². The number of amides is 1. The van der Waals surface area contributed by atoms with Crippen LogP contribution in [0.3, 0.4) is 0 Å². The molecule has 3 aliphatic rings. The quantitative estimate of drug-likeness (QED) is 0.116. The lowest BCUT2D eigenvalue weighted by molar-refractivity contribution is -0.913. The third-order valence-corrected chi connectivity index (χ3v) is 10.5. The minimum Gasteiger partial charge on any atom is -0.497 e. The molecule has 5 N–H and O–H groups in total. The number of oxime groups is 1. The fourth-order valence-electron chi connectivity index (χ4n) is 5.87. The summed E-state index contributed by atoms with van der Waals surface area (Å²) < 4.78 is 11.4. The number of hydrogen-bond donors (Lipinski definition) is 4. The highest BCUT2D eigenvalue weighted by Crippen LogP contribution is 2.46. The van der Waals surface area contributed by atoms with Gasteiger partial charge in [-0.1, -0.05) is 23.4 Å². The normalized spacial score (nSPS) is 28.0. The number of nitrogens with two attached hydrogens (primary N) is 1. The van der Waals surface area contributed by atoms with Crippen LogP contribution in [0.4, 0.5) is 5.13 Å². The van der Waals surface area contributed by atoms with Gasteiger partial charge >= 0.3 is 5.97 Å². The van der Waals surface area contributed by atoms with E-state index in [9.17, 15) is 24.6 Å². The van der Waals surface area contributed by atoms with E-state index in [1.807, 2.05) is 19.2 Å². The summed E-state index contributed by atoms with van der Waals surface area (Å²) in [5.74, 6) is -1.24. The Hall–Kier alpha value is -3.76. The number of nitrogen functional groups attached to an aromatic ring is 1. The number of likely N-dealkylation sites (tertiary alicyclic amines) is 1. The molecule has 13 nitrogen and oxygen atoms in total. The van der Waals surface area contributed by atoms with Gasteiger partial charge in [-0.15, -0.1) is 11.3 Å². The van der Waals surface area contributed by atoms with Crippen molar-refractivity contribution in [2.24, 2.45) is 11.1 Å². The number of aromatic nitrogens is 1. The SMILES string of the molecule is CO/N=C(\C(=O)N[C@@H]1C(=O)C2C(C(=O)OCc3ccc(OC)cc3)=C(/C=C/C[N+]3(C)CC[C@@H](O)[C@H](O)C3)CS[C@@H]21)c1csc(N)n1. The van der Waals surface area contributed by atoms with Crippen molar-refractivity contribution in [3.05, 3.63) is 64.2 Å². The fourth-order valence-corrected chi connectivity index (χ4v) is 7.90. The Morgan fingerprint density at radius 3 is 2.63 bits per heavy atom. The zero-order valence-corrected chi connectivity index (χ0v) is 27.4. The second kappa shape index (κ2) is 14.3. The van der Waals surface area contributed by atoms with Crippen molar-refractivity contribution in [3.8, 4) is 5.75 Å². The van der Waals surface area contributed by atoms with Crippen LogP contribution in [0.1, 0.15) is 17.7 Å². The Bertz CT molecular complexity index is 1560. The van der Waals surface area contributed by atoms with Crippen molar-refractivity contribution in [1.82, 2.24) is 10.3 Å². The van der Waals surface area contributed by atoms with Crippen LogP contribution in [0.5, 0.6) is 5.75 Å². The minimum absolute atomic E-state index is 0.00496. The fraction of sp³-hybridized carbons (Fsp3) is 0.452. The number of fused-ring (bicyclic) bond motifs is 1. The first-order chi connectivity index (χ1) is 22.0. The molecule has 246 valence electrons. The maximum absolute atomic E-state index is 13.7. The Kier molecular flexibility index (Phi) is 10.5. The standard InChI is InChI=1S/C31H37N5O8S2/c1-36(12-10-21(37)22(38)13-36)11-4-5-18-15-45-28-24(23(18)30(41)44-14-17-6-8-19(42-2)9-7-17)27(39)26(28)34-29(40)25(35-43-3)20-16-46-31(32)33-20/h4-9,16,21-22,24,26,28,37-38H,10-15H2,1-3H3,(H2-,32,33,34,40)/p+1/b5-4+,35-25-/t21-,22-,24?,26-,28+,36?/m1/s1. The number of thiazole rings is 1. The Morgan fingerprint density at radius 1 is 1.22 bits per heavy atom. The maximum atomic E-state index is 13.7. The molecule has 1 saturated carbocycles. The van der Waals surface area contributed by atoms with E-state index in [4.69, 9.17) is 20.0 Å². The van der Waals surface area contributed by atoms with Gasteiger partial charge < -0.3 is 40.1 Å². The molecule has 2 aliphatic heterocycles. The van der Waals surface area contributed by atoms with Gasteiger partial charge in [0.25, 0.3) is 5.91 Å². The summed E-state index contributed by atoms with van der Waals surface area (Å²) >= 11 is 2.62. The minimum atomic E-state index is -0.860. The molecule has 1 aromatic heterocycles. The molecule has 1 saturated heterocycles. The van der Waals surface area contributed by atoms with E-state index in [1.54, 1.807) is 36.8 Å². The highest BCUT2D eigenvalue weighted by atomic mass is 32.2. The number of quaternary nitrogens is 1. The van der Waals surface area contributed by atoms with Crippen LogP contribution in [0.25, 0.3) is 0 Å². The van der Waals surface area contributed by atoms with Gasteiger partial charge in [0, 0.05) is 22.8 Å². The number of esters is 1. The number of methoxy groups -OCH3 is 1. The largest absolute Gasteiger partial charge is 0.497 e. The van der Waals surface area contributed by atoms with E-state index in [-0.39, 0.29) is 34.5 Å². The molecule has 1 amide bonds. The summed E-state index contributed by atoms with van der Waals surface area (Å²) in [6, 6.07) is 6.27. The average Bonchev–Trinajstić information content (AvgIpc) is 3.48. The summed E-state index contributed by atoms with van der Waals surface area (Å²) in [5, 5.41) is 28.1. The van der Waals surface area contributed by atoms with Crippen LogP contribution in [-0.4, -0.2) is 113 Å². The summed E-state index contributed by atoms with van der Waals surface area (Å²) in [7, 11) is 4.87. The van der Waals surface area contributed by atoms with Crippen molar-refractivity contribution < 1.29 is 43.4 Å². The van der Waals surface area contributed by atoms with E-state index in [1.165, 1.54) is 18.9 Å². The predicted octanol–water partition coefficient (Wildman–Crippen LogP) is 1.05. The number of carbonyl (C=O) groups is 3. The summed E-state index contributed by atoms with van der Waals surface area (Å²) in [4.78, 5) is 49.4. The number of hydrogen-bond acceptors (Lipinski definition) is 13. The molecule has 1 aliphatic carbocycles. The van der Waals surface area contributed by atoms with Crippen LogP contribution >= 0.6 is 23.1 Å². The number of ketones is 1. The van der Waals surface area contributed by atoms with E-state index in [0.717, 1.165) is 16.9 Å². The molecule has 2 fully saturated rings. The number of nitrogens with zero attached hydrogens (tertiary/aromatic N) is 3. The van der Waals surface area contributed by atoms with E-state index < -0.39 is 41.3 Å². The van der Waals surface area contributed by atoms with Crippen LogP contribution in [0.2, 0.25) is 0 Å². The van der Waals surface area contributed by atoms with E-state index in [0.29, 0.717) is 47.6 Å².